The second-order valence-corrected chi connectivity index (χ2v) is 5.94. The molecule has 0 bridgehead atoms. The lowest BCUT2D eigenvalue weighted by atomic mass is 10.1. The monoisotopic (exact) mass is 326 g/mol. The average molecular weight is 326 g/mol. The summed E-state index contributed by atoms with van der Waals surface area (Å²) in [4.78, 5) is 23.8. The molecule has 0 saturated carbocycles. The number of carbonyl (C=O) groups excluding carboxylic acids is 1. The van der Waals surface area contributed by atoms with Crippen molar-refractivity contribution in [2.24, 2.45) is 0 Å². The van der Waals surface area contributed by atoms with E-state index in [1.54, 1.807) is 13.0 Å². The highest BCUT2D eigenvalue weighted by atomic mass is 16.5. The molecule has 0 radical (unpaired) electrons. The summed E-state index contributed by atoms with van der Waals surface area (Å²) < 4.78 is 10.3. The Balaban J connectivity index is 1.91. The molecule has 0 aliphatic carbocycles. The molecule has 0 aliphatic heterocycles. The highest BCUT2D eigenvalue weighted by Crippen LogP contribution is 2.25. The van der Waals surface area contributed by atoms with Crippen molar-refractivity contribution >= 4 is 22.6 Å². The Morgan fingerprint density at radius 2 is 1.88 bits per heavy atom. The van der Waals surface area contributed by atoms with E-state index in [-0.39, 0.29) is 18.0 Å². The van der Waals surface area contributed by atoms with Gasteiger partial charge in [0.25, 0.3) is 0 Å². The van der Waals surface area contributed by atoms with Crippen molar-refractivity contribution in [2.45, 2.75) is 34.1 Å². The summed E-state index contributed by atoms with van der Waals surface area (Å²) in [5.41, 5.74) is 3.97. The van der Waals surface area contributed by atoms with Gasteiger partial charge < -0.3 is 14.3 Å². The van der Waals surface area contributed by atoms with Crippen LogP contribution in [-0.2, 0) is 11.2 Å². The third-order valence-corrected chi connectivity index (χ3v) is 4.09. The SMILES string of the molecule is Cc1cc2oc(=O)cc(C)c2cc1NC(=O)Cc1c(C)noc1C. The van der Waals surface area contributed by atoms with Gasteiger partial charge >= 0.3 is 5.63 Å². The molecule has 0 saturated heterocycles. The summed E-state index contributed by atoms with van der Waals surface area (Å²) in [5, 5.41) is 7.57. The molecule has 1 aromatic carbocycles. The summed E-state index contributed by atoms with van der Waals surface area (Å²) in [6, 6.07) is 5.02. The van der Waals surface area contributed by atoms with Crippen LogP contribution in [0, 0.1) is 27.7 Å². The molecule has 6 heteroatoms. The standard InChI is InChI=1S/C18H18N2O4/c1-9-6-18(22)23-16-5-10(2)15(7-13(9)16)19-17(21)8-14-11(3)20-24-12(14)4/h5-7H,8H2,1-4H3,(H,19,21). The molecule has 1 amide bonds. The van der Waals surface area contributed by atoms with Crippen molar-refractivity contribution in [1.82, 2.24) is 5.16 Å². The lowest BCUT2D eigenvalue weighted by Gasteiger charge is -2.10. The number of amides is 1. The van der Waals surface area contributed by atoms with Crippen LogP contribution in [0.25, 0.3) is 11.0 Å². The molecule has 0 fully saturated rings. The number of rotatable bonds is 3. The zero-order valence-electron chi connectivity index (χ0n) is 14.0. The number of fused-ring (bicyclic) bond motifs is 1. The topological polar surface area (TPSA) is 85.3 Å². The Bertz CT molecular complexity index is 979. The van der Waals surface area contributed by atoms with Gasteiger partial charge in [0.15, 0.2) is 0 Å². The Labute approximate surface area is 138 Å². The van der Waals surface area contributed by atoms with Gasteiger partial charge in [0.2, 0.25) is 5.91 Å². The van der Waals surface area contributed by atoms with E-state index in [0.717, 1.165) is 27.8 Å². The van der Waals surface area contributed by atoms with Crippen molar-refractivity contribution in [3.8, 4) is 0 Å². The summed E-state index contributed by atoms with van der Waals surface area (Å²) in [6.45, 7) is 7.29. The molecule has 2 heterocycles. The van der Waals surface area contributed by atoms with Gasteiger partial charge in [0.1, 0.15) is 11.3 Å². The van der Waals surface area contributed by atoms with Gasteiger partial charge in [0.05, 0.1) is 12.1 Å². The Hall–Kier alpha value is -2.89. The largest absolute Gasteiger partial charge is 0.423 e. The average Bonchev–Trinajstić information content (AvgIpc) is 2.80. The molecule has 0 unspecified atom stereocenters. The molecule has 1 N–H and O–H groups in total. The third-order valence-electron chi connectivity index (χ3n) is 4.09. The maximum atomic E-state index is 12.4. The molecule has 24 heavy (non-hydrogen) atoms. The van der Waals surface area contributed by atoms with Crippen LogP contribution < -0.4 is 10.9 Å². The van der Waals surface area contributed by atoms with Crippen molar-refractivity contribution in [3.05, 3.63) is 56.8 Å². The fraction of sp³-hybridized carbons (Fsp3) is 0.278. The fourth-order valence-electron chi connectivity index (χ4n) is 2.71. The molecule has 3 aromatic rings. The maximum Gasteiger partial charge on any atom is 0.336 e. The van der Waals surface area contributed by atoms with E-state index < -0.39 is 0 Å². The highest BCUT2D eigenvalue weighted by Gasteiger charge is 2.15. The molecule has 2 aromatic heterocycles. The van der Waals surface area contributed by atoms with Crippen LogP contribution in [0.2, 0.25) is 0 Å². The predicted octanol–water partition coefficient (Wildman–Crippen LogP) is 3.20. The van der Waals surface area contributed by atoms with Crippen molar-refractivity contribution < 1.29 is 13.7 Å². The maximum absolute atomic E-state index is 12.4. The van der Waals surface area contributed by atoms with E-state index in [2.05, 4.69) is 10.5 Å². The predicted molar refractivity (Wildman–Crippen MR) is 90.3 cm³/mol. The van der Waals surface area contributed by atoms with Gasteiger partial charge in [-0.15, -0.1) is 0 Å². The van der Waals surface area contributed by atoms with Crippen LogP contribution in [0.1, 0.15) is 28.1 Å². The lowest BCUT2D eigenvalue weighted by Crippen LogP contribution is -2.16. The first-order chi connectivity index (χ1) is 11.3. The number of benzene rings is 1. The lowest BCUT2D eigenvalue weighted by molar-refractivity contribution is -0.115. The van der Waals surface area contributed by atoms with E-state index in [1.807, 2.05) is 26.8 Å². The van der Waals surface area contributed by atoms with Crippen LogP contribution in [-0.4, -0.2) is 11.1 Å². The minimum atomic E-state index is -0.380. The number of nitrogens with zero attached hydrogens (tertiary/aromatic N) is 1. The molecular weight excluding hydrogens is 308 g/mol. The second kappa shape index (κ2) is 5.96. The first kappa shape index (κ1) is 16.0. The van der Waals surface area contributed by atoms with E-state index in [4.69, 9.17) is 8.94 Å². The van der Waals surface area contributed by atoms with E-state index in [0.29, 0.717) is 17.0 Å². The summed E-state index contributed by atoms with van der Waals surface area (Å²) in [6.07, 6.45) is 0.196. The molecule has 0 atom stereocenters. The number of aromatic nitrogens is 1. The van der Waals surface area contributed by atoms with E-state index in [1.165, 1.54) is 6.07 Å². The van der Waals surface area contributed by atoms with Crippen molar-refractivity contribution in [2.75, 3.05) is 5.32 Å². The molecule has 0 spiro atoms. The molecule has 6 nitrogen and oxygen atoms in total. The van der Waals surface area contributed by atoms with E-state index in [9.17, 15) is 9.59 Å². The van der Waals surface area contributed by atoms with Gasteiger partial charge in [0, 0.05) is 22.7 Å². The van der Waals surface area contributed by atoms with Crippen LogP contribution in [0.15, 0.2) is 31.9 Å². The Morgan fingerprint density at radius 3 is 2.54 bits per heavy atom. The zero-order chi connectivity index (χ0) is 17.4. The number of hydrogen-bond donors (Lipinski definition) is 1. The van der Waals surface area contributed by atoms with E-state index >= 15 is 0 Å². The van der Waals surface area contributed by atoms with Gasteiger partial charge in [-0.05, 0) is 51.0 Å². The second-order valence-electron chi connectivity index (χ2n) is 5.94. The first-order valence-electron chi connectivity index (χ1n) is 7.62. The van der Waals surface area contributed by atoms with Crippen molar-refractivity contribution in [1.29, 1.82) is 0 Å². The third kappa shape index (κ3) is 2.95. The molecule has 3 rings (SSSR count). The minimum Gasteiger partial charge on any atom is -0.423 e. The van der Waals surface area contributed by atoms with Crippen molar-refractivity contribution in [3.63, 3.8) is 0 Å². The summed E-state index contributed by atoms with van der Waals surface area (Å²) in [5.74, 6) is 0.498. The highest BCUT2D eigenvalue weighted by molar-refractivity contribution is 5.96. The quantitative estimate of drug-likeness (QED) is 0.747. The normalized spacial score (nSPS) is 11.0. The van der Waals surface area contributed by atoms with Crippen LogP contribution in [0.3, 0.4) is 0 Å². The summed E-state index contributed by atoms with van der Waals surface area (Å²) >= 11 is 0. The number of aryl methyl sites for hydroxylation is 4. The number of nitrogens with one attached hydrogen (secondary N) is 1. The minimum absolute atomic E-state index is 0.151. The Morgan fingerprint density at radius 1 is 1.12 bits per heavy atom. The van der Waals surface area contributed by atoms with Crippen LogP contribution >= 0.6 is 0 Å². The van der Waals surface area contributed by atoms with Gasteiger partial charge in [-0.25, -0.2) is 4.79 Å². The fourth-order valence-corrected chi connectivity index (χ4v) is 2.71. The molecule has 0 aliphatic rings. The molecular formula is C18H18N2O4. The number of hydrogen-bond acceptors (Lipinski definition) is 5. The van der Waals surface area contributed by atoms with Crippen LogP contribution in [0.5, 0.6) is 0 Å². The van der Waals surface area contributed by atoms with Crippen LogP contribution in [0.4, 0.5) is 5.69 Å². The zero-order valence-corrected chi connectivity index (χ0v) is 14.0. The number of carbonyl (C=O) groups is 1. The first-order valence-corrected chi connectivity index (χ1v) is 7.62. The summed E-state index contributed by atoms with van der Waals surface area (Å²) in [7, 11) is 0. The number of anilines is 1. The Kier molecular flexibility index (Phi) is 3.97. The molecule has 124 valence electrons. The van der Waals surface area contributed by atoms with Gasteiger partial charge in [-0.2, -0.15) is 0 Å². The van der Waals surface area contributed by atoms with Gasteiger partial charge in [-0.1, -0.05) is 5.16 Å². The smallest absolute Gasteiger partial charge is 0.336 e. The van der Waals surface area contributed by atoms with Gasteiger partial charge in [-0.3, -0.25) is 4.79 Å².